The van der Waals surface area contributed by atoms with E-state index >= 15 is 4.39 Å². The van der Waals surface area contributed by atoms with Gasteiger partial charge < -0.3 is 14.8 Å². The first kappa shape index (κ1) is 30.9. The molecular weight excluding hydrogens is 564 g/mol. The van der Waals surface area contributed by atoms with Crippen molar-refractivity contribution in [2.24, 2.45) is 0 Å². The molecule has 228 valence electrons. The van der Waals surface area contributed by atoms with E-state index in [9.17, 15) is 9.18 Å². The molecule has 0 spiro atoms. The second-order valence-corrected chi connectivity index (χ2v) is 10.9. The van der Waals surface area contributed by atoms with Crippen molar-refractivity contribution < 1.29 is 23.1 Å². The van der Waals surface area contributed by atoms with Crippen molar-refractivity contribution in [2.45, 2.75) is 39.2 Å². The number of benzene rings is 3. The smallest absolute Gasteiger partial charge is 0.154 e. The number of fused-ring (bicyclic) bond motifs is 2. The molecule has 0 radical (unpaired) electrons. The zero-order valence-electron chi connectivity index (χ0n) is 25.5. The maximum Gasteiger partial charge on any atom is 0.154 e. The minimum atomic E-state index is -0.530. The van der Waals surface area contributed by atoms with Crippen LogP contribution in [0.4, 0.5) is 20.2 Å². The summed E-state index contributed by atoms with van der Waals surface area (Å²) in [6, 6.07) is 14.9. The molecule has 1 aliphatic heterocycles. The molecule has 44 heavy (non-hydrogen) atoms. The van der Waals surface area contributed by atoms with Crippen LogP contribution in [0, 0.1) is 32.4 Å². The van der Waals surface area contributed by atoms with Gasteiger partial charge in [0.05, 0.1) is 27.9 Å². The Morgan fingerprint density at radius 2 is 1.52 bits per heavy atom. The van der Waals surface area contributed by atoms with Crippen LogP contribution in [-0.2, 0) is 5.54 Å². The van der Waals surface area contributed by atoms with E-state index in [0.29, 0.717) is 17.4 Å². The predicted octanol–water partition coefficient (Wildman–Crippen LogP) is 6.66. The van der Waals surface area contributed by atoms with Gasteiger partial charge in [-0.1, -0.05) is 0 Å². The summed E-state index contributed by atoms with van der Waals surface area (Å²) >= 11 is 0. The molecule has 1 fully saturated rings. The average molecular weight is 600 g/mol. The number of hydrogen-bond donors (Lipinski definition) is 3. The molecular formula is C34H35F2N5O3. The van der Waals surface area contributed by atoms with Gasteiger partial charge in [-0.05, 0) is 113 Å². The van der Waals surface area contributed by atoms with Crippen LogP contribution in [0.3, 0.4) is 0 Å². The van der Waals surface area contributed by atoms with E-state index in [-0.39, 0.29) is 27.8 Å². The fourth-order valence-corrected chi connectivity index (χ4v) is 5.39. The predicted molar refractivity (Wildman–Crippen MR) is 168 cm³/mol. The van der Waals surface area contributed by atoms with Crippen molar-refractivity contribution in [3.05, 3.63) is 94.6 Å². The van der Waals surface area contributed by atoms with E-state index in [0.717, 1.165) is 59.7 Å². The van der Waals surface area contributed by atoms with E-state index in [1.807, 2.05) is 58.1 Å². The van der Waals surface area contributed by atoms with Crippen LogP contribution in [0.15, 0.2) is 59.0 Å². The molecule has 1 aliphatic carbocycles. The Hall–Kier alpha value is -4.51. The second-order valence-electron chi connectivity index (χ2n) is 10.9. The number of hydrazine groups is 1. The number of aliphatic hydroxyl groups excluding tert-OH is 1. The maximum absolute atomic E-state index is 16.1. The van der Waals surface area contributed by atoms with Crippen molar-refractivity contribution >= 4 is 28.6 Å². The first-order valence-electron chi connectivity index (χ1n) is 14.2. The Morgan fingerprint density at radius 1 is 0.909 bits per heavy atom. The molecule has 5 aromatic rings. The third kappa shape index (κ3) is 5.59. The van der Waals surface area contributed by atoms with E-state index in [1.54, 1.807) is 12.1 Å². The van der Waals surface area contributed by atoms with Crippen molar-refractivity contribution in [1.82, 2.24) is 20.7 Å². The van der Waals surface area contributed by atoms with Gasteiger partial charge in [-0.15, -0.1) is 0 Å². The van der Waals surface area contributed by atoms with E-state index in [2.05, 4.69) is 20.7 Å². The molecule has 0 atom stereocenters. The fraction of sp³-hybridized carbons (Fsp3) is 0.265. The highest BCUT2D eigenvalue weighted by Gasteiger charge is 2.51. The van der Waals surface area contributed by atoms with Crippen molar-refractivity contribution in [1.29, 1.82) is 0 Å². The molecule has 3 aromatic carbocycles. The number of anilines is 2. The van der Waals surface area contributed by atoms with Crippen LogP contribution in [0.5, 0.6) is 0 Å². The highest BCUT2D eigenvalue weighted by molar-refractivity contribution is 6.05. The van der Waals surface area contributed by atoms with E-state index in [4.69, 9.17) is 9.52 Å². The largest absolute Gasteiger partial charge is 0.455 e. The lowest BCUT2D eigenvalue weighted by Crippen LogP contribution is -2.37. The number of rotatable bonds is 6. The number of aromatic nitrogens is 2. The highest BCUT2D eigenvalue weighted by atomic mass is 19.1. The summed E-state index contributed by atoms with van der Waals surface area (Å²) in [5.74, 6) is 0.0718. The molecule has 0 unspecified atom stereocenters. The summed E-state index contributed by atoms with van der Waals surface area (Å²) in [5, 5.41) is 11.9. The number of aryl methyl sites for hydroxylation is 3. The van der Waals surface area contributed by atoms with Crippen molar-refractivity contribution in [3.8, 4) is 22.5 Å². The number of hydrogen-bond acceptors (Lipinski definition) is 8. The molecule has 10 heteroatoms. The molecule has 3 N–H and O–H groups in total. The van der Waals surface area contributed by atoms with Gasteiger partial charge in [-0.3, -0.25) is 9.80 Å². The van der Waals surface area contributed by atoms with Crippen LogP contribution < -0.4 is 15.8 Å². The number of carbonyl (C=O) groups is 1. The number of aldehydes is 1. The lowest BCUT2D eigenvalue weighted by Gasteiger charge is -2.18. The molecule has 0 saturated heterocycles. The summed E-state index contributed by atoms with van der Waals surface area (Å²) in [6.45, 7) is 5.88. The van der Waals surface area contributed by atoms with Crippen molar-refractivity contribution in [2.75, 3.05) is 26.2 Å². The fourth-order valence-electron chi connectivity index (χ4n) is 5.39. The van der Waals surface area contributed by atoms with Crippen LogP contribution in [0.25, 0.3) is 33.4 Å². The van der Waals surface area contributed by atoms with Gasteiger partial charge in [0, 0.05) is 29.6 Å². The Bertz CT molecular complexity index is 1830. The van der Waals surface area contributed by atoms with Crippen LogP contribution in [0.2, 0.25) is 0 Å². The Kier molecular flexibility index (Phi) is 8.60. The zero-order valence-corrected chi connectivity index (χ0v) is 25.5. The first-order chi connectivity index (χ1) is 21.2. The monoisotopic (exact) mass is 599 g/mol. The topological polar surface area (TPSA) is 103 Å². The summed E-state index contributed by atoms with van der Waals surface area (Å²) in [4.78, 5) is 21.4. The van der Waals surface area contributed by atoms with Gasteiger partial charge in [0.2, 0.25) is 0 Å². The second kappa shape index (κ2) is 12.2. The number of nitrogens with one attached hydrogen (secondary N) is 2. The van der Waals surface area contributed by atoms with Crippen molar-refractivity contribution in [3.63, 3.8) is 0 Å². The van der Waals surface area contributed by atoms with Crippen LogP contribution in [0.1, 0.15) is 46.0 Å². The normalized spacial score (nSPS) is 13.8. The highest BCUT2D eigenvalue weighted by Crippen LogP contribution is 2.54. The number of carbonyl (C=O) groups excluding carboxylic acids is 1. The van der Waals surface area contributed by atoms with E-state index < -0.39 is 11.6 Å². The summed E-state index contributed by atoms with van der Waals surface area (Å²) in [7, 11) is 4.75. The molecule has 0 bridgehead atoms. The summed E-state index contributed by atoms with van der Waals surface area (Å²) < 4.78 is 35.4. The molecule has 8 nitrogen and oxygen atoms in total. The number of furan rings is 1. The summed E-state index contributed by atoms with van der Waals surface area (Å²) in [5.41, 5.74) is 10.0. The van der Waals surface area contributed by atoms with Gasteiger partial charge in [-0.25, -0.2) is 24.2 Å². The molecule has 0 amide bonds. The van der Waals surface area contributed by atoms with Crippen LogP contribution in [-0.4, -0.2) is 42.6 Å². The van der Waals surface area contributed by atoms with Gasteiger partial charge >= 0.3 is 0 Å². The number of nitrogens with zero attached hydrogens (tertiary/aromatic N) is 3. The average Bonchev–Trinajstić information content (AvgIpc) is 3.89. The summed E-state index contributed by atoms with van der Waals surface area (Å²) in [6.07, 6.45) is 2.46. The van der Waals surface area contributed by atoms with Gasteiger partial charge in [-0.2, -0.15) is 0 Å². The number of aliphatic hydroxyl groups is 1. The third-order valence-electron chi connectivity index (χ3n) is 7.58. The number of halogens is 2. The van der Waals surface area contributed by atoms with Gasteiger partial charge in [0.1, 0.15) is 23.0 Å². The standard InChI is InChI=1S/C31H24F2N4O2.C2H7N.CH4O/c1-16-12-24-25(37(24)36-31(10-11-31)30-34-17(2)13-18(3)35-30)14-22(16)21-8-9-26-27(28(21)33)23(15-38)29(39-26)19-4-6-20(32)7-5-19;1-3-2;1-2/h4-9,12-15,36H,10-11H2,1-3H3;3H,1-2H3;2H,1H3. The quantitative estimate of drug-likeness (QED) is 0.147. The molecule has 1 saturated carbocycles. The molecule has 7 rings (SSSR count). The molecule has 3 heterocycles. The third-order valence-corrected chi connectivity index (χ3v) is 7.58. The molecule has 2 aromatic heterocycles. The molecule has 2 aliphatic rings. The minimum Gasteiger partial charge on any atom is -0.455 e. The van der Waals surface area contributed by atoms with Gasteiger partial charge in [0.25, 0.3) is 0 Å². The minimum absolute atomic E-state index is 0.104. The maximum atomic E-state index is 16.1. The van der Waals surface area contributed by atoms with E-state index in [1.165, 1.54) is 24.3 Å². The lowest BCUT2D eigenvalue weighted by molar-refractivity contribution is 0.112. The van der Waals surface area contributed by atoms with Crippen LogP contribution >= 0.6 is 0 Å². The zero-order chi connectivity index (χ0) is 31.8. The Balaban J connectivity index is 0.000000726. The lowest BCUT2D eigenvalue weighted by atomic mass is 9.97. The first-order valence-corrected chi connectivity index (χ1v) is 14.2. The SMILES string of the molecule is CNC.CO.Cc1cc(C)nc(C2(NN3c4cc(C)c(-c5ccc6oc(-c7ccc(F)cc7)c(C=O)c6c5F)cc43)CC2)n1. The Labute approximate surface area is 254 Å². The van der Waals surface area contributed by atoms with Gasteiger partial charge in [0.15, 0.2) is 12.1 Å². The Morgan fingerprint density at radius 3 is 2.11 bits per heavy atom.